The third kappa shape index (κ3) is 6.48. The van der Waals surface area contributed by atoms with Gasteiger partial charge in [0.25, 0.3) is 0 Å². The standard InChI is InChI=1S/C11H15ClN2O2S/c1-11(2,3)16-10(15)7-17-6-8-4-14-9(12)5-13-8/h4-5H,6-7H2,1-3H3. The molecule has 6 heteroatoms. The Morgan fingerprint density at radius 1 is 1.41 bits per heavy atom. The van der Waals surface area contributed by atoms with Crippen molar-refractivity contribution >= 4 is 29.3 Å². The molecule has 1 aromatic rings. The van der Waals surface area contributed by atoms with Crippen LogP contribution < -0.4 is 0 Å². The summed E-state index contributed by atoms with van der Waals surface area (Å²) in [6, 6.07) is 0. The number of carbonyl (C=O) groups is 1. The first-order valence-corrected chi connectivity index (χ1v) is 6.66. The van der Waals surface area contributed by atoms with Gasteiger partial charge in [-0.2, -0.15) is 0 Å². The summed E-state index contributed by atoms with van der Waals surface area (Å²) < 4.78 is 5.18. The van der Waals surface area contributed by atoms with Crippen molar-refractivity contribution in [2.75, 3.05) is 5.75 Å². The molecule has 1 aromatic heterocycles. The molecule has 0 aliphatic carbocycles. The first-order chi connectivity index (χ1) is 7.87. The van der Waals surface area contributed by atoms with Gasteiger partial charge in [-0.1, -0.05) is 11.6 Å². The van der Waals surface area contributed by atoms with Gasteiger partial charge in [-0.25, -0.2) is 4.98 Å². The van der Waals surface area contributed by atoms with Gasteiger partial charge >= 0.3 is 5.97 Å². The Morgan fingerprint density at radius 3 is 2.65 bits per heavy atom. The van der Waals surface area contributed by atoms with E-state index < -0.39 is 5.60 Å². The zero-order chi connectivity index (χ0) is 12.9. The maximum absolute atomic E-state index is 11.4. The van der Waals surface area contributed by atoms with E-state index in [2.05, 4.69) is 9.97 Å². The number of hydrogen-bond acceptors (Lipinski definition) is 5. The molecule has 1 rings (SSSR count). The maximum atomic E-state index is 11.4. The van der Waals surface area contributed by atoms with Gasteiger partial charge in [0, 0.05) is 5.75 Å². The molecule has 4 nitrogen and oxygen atoms in total. The van der Waals surface area contributed by atoms with Gasteiger partial charge in [0.1, 0.15) is 10.8 Å². The molecule has 0 aliphatic heterocycles. The fraction of sp³-hybridized carbons (Fsp3) is 0.545. The van der Waals surface area contributed by atoms with Crippen LogP contribution in [0.15, 0.2) is 12.4 Å². The summed E-state index contributed by atoms with van der Waals surface area (Å²) in [7, 11) is 0. The van der Waals surface area contributed by atoms with Crippen LogP contribution in [0, 0.1) is 0 Å². The van der Waals surface area contributed by atoms with Crippen LogP contribution in [0.4, 0.5) is 0 Å². The largest absolute Gasteiger partial charge is 0.459 e. The molecule has 0 N–H and O–H groups in total. The van der Waals surface area contributed by atoms with E-state index in [1.807, 2.05) is 20.8 Å². The minimum Gasteiger partial charge on any atom is -0.459 e. The Balaban J connectivity index is 2.28. The summed E-state index contributed by atoms with van der Waals surface area (Å²) in [5.74, 6) is 0.703. The first kappa shape index (κ1) is 14.3. The van der Waals surface area contributed by atoms with Crippen molar-refractivity contribution in [1.29, 1.82) is 0 Å². The zero-order valence-electron chi connectivity index (χ0n) is 10.1. The molecule has 0 saturated heterocycles. The average Bonchev–Trinajstić information content (AvgIpc) is 2.18. The van der Waals surface area contributed by atoms with Crippen molar-refractivity contribution < 1.29 is 9.53 Å². The van der Waals surface area contributed by atoms with E-state index in [0.29, 0.717) is 16.7 Å². The summed E-state index contributed by atoms with van der Waals surface area (Å²) in [5, 5.41) is 0.367. The highest BCUT2D eigenvalue weighted by molar-refractivity contribution is 7.99. The SMILES string of the molecule is CC(C)(C)OC(=O)CSCc1cnc(Cl)cn1. The van der Waals surface area contributed by atoms with Crippen LogP contribution in [0.3, 0.4) is 0 Å². The fourth-order valence-electron chi connectivity index (χ4n) is 1.02. The van der Waals surface area contributed by atoms with Crippen LogP contribution in [0.2, 0.25) is 5.15 Å². The molecule has 0 aromatic carbocycles. The number of nitrogens with zero attached hydrogens (tertiary/aromatic N) is 2. The predicted octanol–water partition coefficient (Wildman–Crippen LogP) is 2.70. The number of thioether (sulfide) groups is 1. The number of esters is 1. The van der Waals surface area contributed by atoms with Crippen LogP contribution in [0.25, 0.3) is 0 Å². The Labute approximate surface area is 110 Å². The highest BCUT2D eigenvalue weighted by Crippen LogP contribution is 2.13. The molecule has 0 bridgehead atoms. The van der Waals surface area contributed by atoms with Crippen LogP contribution in [0.5, 0.6) is 0 Å². The topological polar surface area (TPSA) is 52.1 Å². The predicted molar refractivity (Wildman–Crippen MR) is 69.0 cm³/mol. The maximum Gasteiger partial charge on any atom is 0.316 e. The number of ether oxygens (including phenoxy) is 1. The van der Waals surface area contributed by atoms with Gasteiger partial charge < -0.3 is 4.74 Å². The Kier molecular flexibility index (Phi) is 5.21. The van der Waals surface area contributed by atoms with Crippen molar-refractivity contribution in [1.82, 2.24) is 9.97 Å². The molecule has 1 heterocycles. The molecule has 0 spiro atoms. The van der Waals surface area contributed by atoms with Gasteiger partial charge in [0.2, 0.25) is 0 Å². The minimum atomic E-state index is -0.433. The minimum absolute atomic E-state index is 0.218. The normalized spacial score (nSPS) is 11.3. The lowest BCUT2D eigenvalue weighted by atomic mass is 10.2. The van der Waals surface area contributed by atoms with Gasteiger partial charge in [0.15, 0.2) is 0 Å². The summed E-state index contributed by atoms with van der Waals surface area (Å²) in [5.41, 5.74) is 0.362. The summed E-state index contributed by atoms with van der Waals surface area (Å²) in [4.78, 5) is 19.4. The molecule has 0 saturated carbocycles. The number of aromatic nitrogens is 2. The second-order valence-corrected chi connectivity index (χ2v) is 5.78. The molecule has 0 fully saturated rings. The van der Waals surface area contributed by atoms with Crippen LogP contribution in [-0.4, -0.2) is 27.3 Å². The second kappa shape index (κ2) is 6.21. The molecule has 17 heavy (non-hydrogen) atoms. The fourth-order valence-corrected chi connectivity index (χ4v) is 1.81. The lowest BCUT2D eigenvalue weighted by Crippen LogP contribution is -2.24. The summed E-state index contributed by atoms with van der Waals surface area (Å²) >= 11 is 7.06. The van der Waals surface area contributed by atoms with Crippen LogP contribution in [-0.2, 0) is 15.3 Å². The molecular formula is C11H15ClN2O2S. The van der Waals surface area contributed by atoms with Crippen LogP contribution >= 0.6 is 23.4 Å². The molecule has 0 unspecified atom stereocenters. The molecule has 0 radical (unpaired) electrons. The first-order valence-electron chi connectivity index (χ1n) is 5.13. The van der Waals surface area contributed by atoms with Crippen LogP contribution in [0.1, 0.15) is 26.5 Å². The summed E-state index contributed by atoms with van der Waals surface area (Å²) in [6.07, 6.45) is 3.09. The Bertz CT molecular complexity index is 376. The number of carbonyl (C=O) groups excluding carboxylic acids is 1. The Morgan fingerprint density at radius 2 is 2.12 bits per heavy atom. The lowest BCUT2D eigenvalue weighted by Gasteiger charge is -2.19. The van der Waals surface area contributed by atoms with Crippen molar-refractivity contribution in [2.45, 2.75) is 32.1 Å². The van der Waals surface area contributed by atoms with Gasteiger partial charge in [-0.05, 0) is 20.8 Å². The third-order valence-corrected chi connectivity index (χ3v) is 2.70. The zero-order valence-corrected chi connectivity index (χ0v) is 11.6. The van der Waals surface area contributed by atoms with E-state index in [1.165, 1.54) is 18.0 Å². The quantitative estimate of drug-likeness (QED) is 0.790. The summed E-state index contributed by atoms with van der Waals surface area (Å²) in [6.45, 7) is 5.54. The average molecular weight is 275 g/mol. The number of halogens is 1. The van der Waals surface area contributed by atoms with Crippen molar-refractivity contribution in [3.05, 3.63) is 23.2 Å². The van der Waals surface area contributed by atoms with E-state index in [-0.39, 0.29) is 5.97 Å². The Hall–Kier alpha value is -0.810. The van der Waals surface area contributed by atoms with Crippen molar-refractivity contribution in [2.24, 2.45) is 0 Å². The van der Waals surface area contributed by atoms with Gasteiger partial charge in [-0.3, -0.25) is 9.78 Å². The third-order valence-electron chi connectivity index (χ3n) is 1.56. The molecule has 0 atom stereocenters. The highest BCUT2D eigenvalue weighted by atomic mass is 35.5. The van der Waals surface area contributed by atoms with Crippen molar-refractivity contribution in [3.63, 3.8) is 0 Å². The van der Waals surface area contributed by atoms with E-state index in [0.717, 1.165) is 5.69 Å². The number of hydrogen-bond donors (Lipinski definition) is 0. The van der Waals surface area contributed by atoms with E-state index in [4.69, 9.17) is 16.3 Å². The molecule has 94 valence electrons. The van der Waals surface area contributed by atoms with Gasteiger partial charge in [-0.15, -0.1) is 11.8 Å². The van der Waals surface area contributed by atoms with Gasteiger partial charge in [0.05, 0.1) is 23.8 Å². The monoisotopic (exact) mass is 274 g/mol. The number of rotatable bonds is 4. The van der Waals surface area contributed by atoms with E-state index >= 15 is 0 Å². The lowest BCUT2D eigenvalue weighted by molar-refractivity contribution is -0.151. The van der Waals surface area contributed by atoms with E-state index in [1.54, 1.807) is 6.20 Å². The molecule has 0 amide bonds. The smallest absolute Gasteiger partial charge is 0.316 e. The molecule has 0 aliphatic rings. The highest BCUT2D eigenvalue weighted by Gasteiger charge is 2.15. The van der Waals surface area contributed by atoms with E-state index in [9.17, 15) is 4.79 Å². The molecular weight excluding hydrogens is 260 g/mol. The second-order valence-electron chi connectivity index (χ2n) is 4.41. The van der Waals surface area contributed by atoms with Crippen molar-refractivity contribution in [3.8, 4) is 0 Å².